The van der Waals surface area contributed by atoms with Gasteiger partial charge in [-0.2, -0.15) is 0 Å². The van der Waals surface area contributed by atoms with Crippen molar-refractivity contribution in [2.75, 3.05) is 19.6 Å². The molecule has 1 aliphatic heterocycles. The van der Waals surface area contributed by atoms with Crippen LogP contribution < -0.4 is 11.1 Å². The van der Waals surface area contributed by atoms with Crippen molar-refractivity contribution in [2.24, 2.45) is 5.73 Å². The number of amides is 1. The molecule has 1 aliphatic rings. The van der Waals surface area contributed by atoms with Crippen LogP contribution in [0.1, 0.15) is 31.4 Å². The molecule has 1 unspecified atom stereocenters. The minimum atomic E-state index is -0.297. The molecule has 1 saturated heterocycles. The highest BCUT2D eigenvalue weighted by Crippen LogP contribution is 2.32. The summed E-state index contributed by atoms with van der Waals surface area (Å²) in [7, 11) is 0. The maximum atomic E-state index is 10.9. The van der Waals surface area contributed by atoms with Crippen molar-refractivity contribution >= 4 is 5.91 Å². The normalized spacial score (nSPS) is 18.5. The van der Waals surface area contributed by atoms with E-state index in [1.807, 2.05) is 11.8 Å². The van der Waals surface area contributed by atoms with E-state index in [0.29, 0.717) is 18.2 Å². The number of piperidine rings is 1. The molecule has 116 valence electrons. The topological polar surface area (TPSA) is 98.8 Å². The Kier molecular flexibility index (Phi) is 5.03. The Morgan fingerprint density at radius 2 is 1.95 bits per heavy atom. The van der Waals surface area contributed by atoms with Crippen LogP contribution in [0, 0.1) is 0 Å². The molecule has 6 heteroatoms. The van der Waals surface area contributed by atoms with Crippen molar-refractivity contribution in [1.82, 2.24) is 10.2 Å². The summed E-state index contributed by atoms with van der Waals surface area (Å²) in [4.78, 5) is 12.9. The van der Waals surface area contributed by atoms with E-state index in [1.54, 1.807) is 18.2 Å². The fourth-order valence-electron chi connectivity index (χ4n) is 2.90. The van der Waals surface area contributed by atoms with Gasteiger partial charge in [-0.05, 0) is 31.9 Å². The first kappa shape index (κ1) is 15.6. The van der Waals surface area contributed by atoms with E-state index in [9.17, 15) is 15.0 Å². The number of carbonyl (C=O) groups is 1. The number of nitrogens with zero attached hydrogens (tertiary/aromatic N) is 1. The fraction of sp³-hybridized carbons (Fsp3) is 0.533. The molecular weight excluding hydrogens is 270 g/mol. The Bertz CT molecular complexity index is 479. The molecule has 0 radical (unpaired) electrons. The highest BCUT2D eigenvalue weighted by atomic mass is 16.3. The molecule has 0 spiro atoms. The molecule has 2 rings (SSSR count). The quantitative estimate of drug-likeness (QED) is 0.640. The van der Waals surface area contributed by atoms with Crippen molar-refractivity contribution in [2.45, 2.75) is 31.8 Å². The number of rotatable bonds is 5. The van der Waals surface area contributed by atoms with Crippen LogP contribution in [0.15, 0.2) is 18.2 Å². The maximum Gasteiger partial charge on any atom is 0.231 e. The van der Waals surface area contributed by atoms with Crippen LogP contribution in [0.2, 0.25) is 0 Å². The molecule has 1 amide bonds. The molecule has 0 aromatic heterocycles. The summed E-state index contributed by atoms with van der Waals surface area (Å²) in [6.07, 6.45) is 1.82. The van der Waals surface area contributed by atoms with Crippen LogP contribution >= 0.6 is 0 Å². The minimum Gasteiger partial charge on any atom is -0.507 e. The average Bonchev–Trinajstić information content (AvgIpc) is 2.40. The summed E-state index contributed by atoms with van der Waals surface area (Å²) in [5, 5.41) is 23.2. The van der Waals surface area contributed by atoms with Gasteiger partial charge in [-0.3, -0.25) is 9.69 Å². The number of aromatic hydroxyl groups is 2. The van der Waals surface area contributed by atoms with Gasteiger partial charge in [0.05, 0.1) is 12.1 Å². The van der Waals surface area contributed by atoms with E-state index in [4.69, 9.17) is 5.73 Å². The molecule has 6 nitrogen and oxygen atoms in total. The number of likely N-dealkylation sites (tertiary alicyclic amines) is 1. The van der Waals surface area contributed by atoms with Gasteiger partial charge in [0.1, 0.15) is 11.5 Å². The first-order chi connectivity index (χ1) is 9.97. The van der Waals surface area contributed by atoms with E-state index in [2.05, 4.69) is 5.32 Å². The molecule has 0 aliphatic carbocycles. The summed E-state index contributed by atoms with van der Waals surface area (Å²) in [5.41, 5.74) is 5.72. The van der Waals surface area contributed by atoms with E-state index in [-0.39, 0.29) is 23.4 Å². The molecule has 1 atom stereocenters. The lowest BCUT2D eigenvalue weighted by molar-refractivity contribution is -0.119. The van der Waals surface area contributed by atoms with E-state index < -0.39 is 0 Å². The third-order valence-electron chi connectivity index (χ3n) is 3.95. The molecular formula is C15H23N3O3. The number of phenols is 2. The molecule has 1 aromatic carbocycles. The van der Waals surface area contributed by atoms with Gasteiger partial charge in [-0.25, -0.2) is 0 Å². The second kappa shape index (κ2) is 6.78. The minimum absolute atomic E-state index is 0.0983. The van der Waals surface area contributed by atoms with Crippen LogP contribution in [-0.2, 0) is 4.79 Å². The highest BCUT2D eigenvalue weighted by Gasteiger charge is 2.23. The first-order valence-electron chi connectivity index (χ1n) is 7.25. The molecule has 0 bridgehead atoms. The average molecular weight is 293 g/mol. The number of primary amides is 1. The van der Waals surface area contributed by atoms with Gasteiger partial charge in [-0.15, -0.1) is 0 Å². The van der Waals surface area contributed by atoms with Crippen molar-refractivity contribution in [1.29, 1.82) is 0 Å². The molecule has 1 heterocycles. The predicted molar refractivity (Wildman–Crippen MR) is 80.0 cm³/mol. The van der Waals surface area contributed by atoms with Crippen LogP contribution in [0.5, 0.6) is 11.5 Å². The van der Waals surface area contributed by atoms with E-state index >= 15 is 0 Å². The van der Waals surface area contributed by atoms with Gasteiger partial charge in [0, 0.05) is 25.2 Å². The zero-order chi connectivity index (χ0) is 15.4. The molecule has 0 saturated carbocycles. The molecule has 1 aromatic rings. The van der Waals surface area contributed by atoms with Crippen molar-refractivity contribution in [3.05, 3.63) is 23.8 Å². The number of carbonyl (C=O) groups excluding carboxylic acids is 1. The maximum absolute atomic E-state index is 10.9. The van der Waals surface area contributed by atoms with Crippen molar-refractivity contribution < 1.29 is 15.0 Å². The zero-order valence-corrected chi connectivity index (χ0v) is 12.2. The van der Waals surface area contributed by atoms with E-state index in [1.165, 1.54) is 0 Å². The Balaban J connectivity index is 1.90. The Hall–Kier alpha value is -1.79. The fourth-order valence-corrected chi connectivity index (χ4v) is 2.90. The Labute approximate surface area is 124 Å². The number of phenolic OH excluding ortho intramolecular Hbond substituents is 2. The third-order valence-corrected chi connectivity index (χ3v) is 3.95. The van der Waals surface area contributed by atoms with Crippen molar-refractivity contribution in [3.63, 3.8) is 0 Å². The van der Waals surface area contributed by atoms with Gasteiger partial charge in [-0.1, -0.05) is 6.07 Å². The van der Waals surface area contributed by atoms with Gasteiger partial charge in [0.2, 0.25) is 5.91 Å². The summed E-state index contributed by atoms with van der Waals surface area (Å²) in [6, 6.07) is 4.91. The second-order valence-electron chi connectivity index (χ2n) is 5.62. The zero-order valence-electron chi connectivity index (χ0n) is 12.2. The Morgan fingerprint density at radius 3 is 2.48 bits per heavy atom. The van der Waals surface area contributed by atoms with Crippen LogP contribution in [-0.4, -0.2) is 46.7 Å². The van der Waals surface area contributed by atoms with Crippen molar-refractivity contribution in [3.8, 4) is 11.5 Å². The van der Waals surface area contributed by atoms with Gasteiger partial charge in [0.25, 0.3) is 0 Å². The number of nitrogens with two attached hydrogens (primary N) is 1. The summed E-state index contributed by atoms with van der Waals surface area (Å²) < 4.78 is 0. The SMILES string of the molecule is CC(NC1CCN(CC(N)=O)CC1)c1c(O)cccc1O. The van der Waals surface area contributed by atoms with Gasteiger partial charge < -0.3 is 21.3 Å². The standard InChI is InChI=1S/C15H23N3O3/c1-10(15-12(19)3-2-4-13(15)20)17-11-5-7-18(8-6-11)9-14(16)21/h2-4,10-11,17,19-20H,5-9H2,1H3,(H2,16,21). The second-order valence-corrected chi connectivity index (χ2v) is 5.62. The third kappa shape index (κ3) is 4.09. The largest absolute Gasteiger partial charge is 0.507 e. The number of nitrogens with one attached hydrogen (secondary N) is 1. The Morgan fingerprint density at radius 1 is 1.38 bits per heavy atom. The van der Waals surface area contributed by atoms with Crippen LogP contribution in [0.3, 0.4) is 0 Å². The highest BCUT2D eigenvalue weighted by molar-refractivity contribution is 5.75. The molecule has 5 N–H and O–H groups in total. The monoisotopic (exact) mass is 293 g/mol. The lowest BCUT2D eigenvalue weighted by Gasteiger charge is -2.33. The smallest absolute Gasteiger partial charge is 0.231 e. The van der Waals surface area contributed by atoms with E-state index in [0.717, 1.165) is 25.9 Å². The number of hydrogen-bond acceptors (Lipinski definition) is 5. The first-order valence-corrected chi connectivity index (χ1v) is 7.25. The lowest BCUT2D eigenvalue weighted by atomic mass is 10.0. The number of hydrogen-bond donors (Lipinski definition) is 4. The summed E-state index contributed by atoms with van der Waals surface area (Å²) in [5.74, 6) is -0.101. The van der Waals surface area contributed by atoms with Gasteiger partial charge in [0.15, 0.2) is 0 Å². The van der Waals surface area contributed by atoms with Crippen LogP contribution in [0.25, 0.3) is 0 Å². The summed E-state index contributed by atoms with van der Waals surface area (Å²) >= 11 is 0. The van der Waals surface area contributed by atoms with Crippen LogP contribution in [0.4, 0.5) is 0 Å². The molecule has 1 fully saturated rings. The lowest BCUT2D eigenvalue weighted by Crippen LogP contribution is -2.45. The molecule has 21 heavy (non-hydrogen) atoms. The summed E-state index contributed by atoms with van der Waals surface area (Å²) in [6.45, 7) is 3.87. The number of benzene rings is 1. The van der Waals surface area contributed by atoms with Gasteiger partial charge >= 0.3 is 0 Å². The predicted octanol–water partition coefficient (Wildman–Crippen LogP) is 0.698.